The molecule has 0 aliphatic carbocycles. The van der Waals surface area contributed by atoms with Gasteiger partial charge in [0.1, 0.15) is 12.4 Å². The number of rotatable bonds is 1. The molecule has 2 nitrogen and oxygen atoms in total. The van der Waals surface area contributed by atoms with Crippen molar-refractivity contribution in [2.24, 2.45) is 0 Å². The number of fused-ring (bicyclic) bond motifs is 1. The monoisotopic (exact) mass is 210 g/mol. The fourth-order valence-corrected chi connectivity index (χ4v) is 1.42. The maximum absolute atomic E-state index is 13.2. The van der Waals surface area contributed by atoms with Gasteiger partial charge >= 0.3 is 0 Å². The molecule has 0 amide bonds. The molecule has 0 atom stereocenters. The van der Waals surface area contributed by atoms with E-state index in [-0.39, 0.29) is 23.7 Å². The topological polar surface area (TPSA) is 26.3 Å². The van der Waals surface area contributed by atoms with Gasteiger partial charge in [-0.1, -0.05) is 0 Å². The molecule has 0 saturated carbocycles. The van der Waals surface area contributed by atoms with Gasteiger partial charge in [0.15, 0.2) is 17.3 Å². The van der Waals surface area contributed by atoms with Crippen LogP contribution in [-0.4, -0.2) is 12.4 Å². The summed E-state index contributed by atoms with van der Waals surface area (Å²) in [7, 11) is 0. The first-order valence-electron chi connectivity index (χ1n) is 4.41. The summed E-state index contributed by atoms with van der Waals surface area (Å²) >= 11 is 0. The first-order valence-corrected chi connectivity index (χ1v) is 4.41. The van der Waals surface area contributed by atoms with E-state index in [0.29, 0.717) is 5.57 Å². The van der Waals surface area contributed by atoms with E-state index in [1.807, 2.05) is 0 Å². The van der Waals surface area contributed by atoms with E-state index in [4.69, 9.17) is 4.74 Å². The molecule has 1 aromatic rings. The Balaban J connectivity index is 2.54. The van der Waals surface area contributed by atoms with Gasteiger partial charge in [-0.15, -0.1) is 0 Å². The van der Waals surface area contributed by atoms with Gasteiger partial charge in [-0.2, -0.15) is 0 Å². The van der Waals surface area contributed by atoms with E-state index in [1.54, 1.807) is 0 Å². The van der Waals surface area contributed by atoms with Crippen LogP contribution in [0, 0.1) is 11.6 Å². The number of benzene rings is 1. The first kappa shape index (κ1) is 9.83. The zero-order valence-corrected chi connectivity index (χ0v) is 8.01. The zero-order valence-electron chi connectivity index (χ0n) is 8.01. The number of Topliss-reactive ketones (excluding diaryl/α,β-unsaturated/α-hetero) is 1. The number of carbonyl (C=O) groups is 1. The molecule has 2 rings (SSSR count). The van der Waals surface area contributed by atoms with Crippen molar-refractivity contribution in [1.82, 2.24) is 0 Å². The van der Waals surface area contributed by atoms with Crippen LogP contribution in [0.2, 0.25) is 0 Å². The molecule has 0 saturated heterocycles. The number of ether oxygens (including phenoxy) is 1. The lowest BCUT2D eigenvalue weighted by Crippen LogP contribution is -2.13. The van der Waals surface area contributed by atoms with E-state index in [2.05, 4.69) is 0 Å². The molecule has 0 fully saturated rings. The Kier molecular flexibility index (Phi) is 2.26. The van der Waals surface area contributed by atoms with Crippen LogP contribution in [0.4, 0.5) is 8.78 Å². The summed E-state index contributed by atoms with van der Waals surface area (Å²) in [5, 5.41) is 0. The highest BCUT2D eigenvalue weighted by Crippen LogP contribution is 2.30. The minimum atomic E-state index is -0.746. The third-order valence-corrected chi connectivity index (χ3v) is 2.19. The van der Waals surface area contributed by atoms with Gasteiger partial charge in [-0.05, 0) is 19.1 Å². The van der Waals surface area contributed by atoms with Crippen molar-refractivity contribution in [2.45, 2.75) is 6.92 Å². The molecule has 1 aliphatic heterocycles. The van der Waals surface area contributed by atoms with E-state index in [0.717, 1.165) is 12.1 Å². The van der Waals surface area contributed by atoms with Crippen molar-refractivity contribution in [2.75, 3.05) is 6.61 Å². The van der Waals surface area contributed by atoms with Crippen molar-refractivity contribution in [3.8, 4) is 5.75 Å². The van der Waals surface area contributed by atoms with Crippen LogP contribution in [-0.2, 0) is 4.79 Å². The summed E-state index contributed by atoms with van der Waals surface area (Å²) in [6.07, 6.45) is 1.45. The van der Waals surface area contributed by atoms with Gasteiger partial charge in [-0.3, -0.25) is 4.79 Å². The van der Waals surface area contributed by atoms with Crippen LogP contribution >= 0.6 is 0 Å². The molecule has 78 valence electrons. The van der Waals surface area contributed by atoms with Crippen molar-refractivity contribution in [3.05, 3.63) is 34.9 Å². The molecule has 0 unspecified atom stereocenters. The molecule has 1 heterocycles. The number of ketones is 1. The SMILES string of the molecule is CC(=O)C1=Cc2cc(F)cc(F)c2OC1. The Hall–Kier alpha value is -1.71. The highest BCUT2D eigenvalue weighted by Gasteiger charge is 2.18. The van der Waals surface area contributed by atoms with Crippen LogP contribution in [0.15, 0.2) is 17.7 Å². The summed E-state index contributed by atoms with van der Waals surface area (Å²) in [6.45, 7) is 1.42. The molecule has 0 bridgehead atoms. The highest BCUT2D eigenvalue weighted by atomic mass is 19.1. The van der Waals surface area contributed by atoms with Gasteiger partial charge in [-0.25, -0.2) is 8.78 Å². The second-order valence-corrected chi connectivity index (χ2v) is 3.32. The second kappa shape index (κ2) is 3.46. The molecule has 15 heavy (non-hydrogen) atoms. The maximum atomic E-state index is 13.2. The highest BCUT2D eigenvalue weighted by molar-refractivity contribution is 5.99. The molecule has 4 heteroatoms. The Morgan fingerprint density at radius 1 is 1.40 bits per heavy atom. The summed E-state index contributed by atoms with van der Waals surface area (Å²) in [6, 6.07) is 1.89. The molecule has 0 aromatic heterocycles. The number of hydrogen-bond acceptors (Lipinski definition) is 2. The maximum Gasteiger partial charge on any atom is 0.168 e. The summed E-state index contributed by atoms with van der Waals surface area (Å²) in [5.41, 5.74) is 0.677. The third-order valence-electron chi connectivity index (χ3n) is 2.19. The van der Waals surface area contributed by atoms with Gasteiger partial charge in [0.05, 0.1) is 0 Å². The van der Waals surface area contributed by atoms with Gasteiger partial charge in [0.2, 0.25) is 0 Å². The smallest absolute Gasteiger partial charge is 0.168 e. The second-order valence-electron chi connectivity index (χ2n) is 3.32. The Morgan fingerprint density at radius 3 is 2.80 bits per heavy atom. The van der Waals surface area contributed by atoms with E-state index < -0.39 is 11.6 Å². The van der Waals surface area contributed by atoms with Crippen LogP contribution in [0.5, 0.6) is 5.75 Å². The summed E-state index contributed by atoms with van der Waals surface area (Å²) in [5.74, 6) is -1.59. The average molecular weight is 210 g/mol. The van der Waals surface area contributed by atoms with Crippen LogP contribution in [0.1, 0.15) is 12.5 Å². The molecular weight excluding hydrogens is 202 g/mol. The lowest BCUT2D eigenvalue weighted by Gasteiger charge is -2.16. The molecule has 1 aliphatic rings. The quantitative estimate of drug-likeness (QED) is 0.711. The standard InChI is InChI=1S/C11H8F2O2/c1-6(14)8-2-7-3-9(12)4-10(13)11(7)15-5-8/h2-4H,5H2,1H3. The molecule has 0 N–H and O–H groups in total. The summed E-state index contributed by atoms with van der Waals surface area (Å²) in [4.78, 5) is 11.0. The number of carbonyl (C=O) groups excluding carboxylic acids is 1. The Bertz CT molecular complexity index is 464. The largest absolute Gasteiger partial charge is 0.485 e. The Morgan fingerprint density at radius 2 is 2.13 bits per heavy atom. The lowest BCUT2D eigenvalue weighted by atomic mass is 10.0. The normalized spacial score (nSPS) is 13.9. The van der Waals surface area contributed by atoms with Crippen molar-refractivity contribution < 1.29 is 18.3 Å². The number of hydrogen-bond donors (Lipinski definition) is 0. The van der Waals surface area contributed by atoms with Gasteiger partial charge in [0, 0.05) is 17.2 Å². The van der Waals surface area contributed by atoms with E-state index >= 15 is 0 Å². The van der Waals surface area contributed by atoms with Crippen LogP contribution in [0.25, 0.3) is 6.08 Å². The van der Waals surface area contributed by atoms with Crippen molar-refractivity contribution >= 4 is 11.9 Å². The predicted molar refractivity (Wildman–Crippen MR) is 50.5 cm³/mol. The van der Waals surface area contributed by atoms with Crippen molar-refractivity contribution in [3.63, 3.8) is 0 Å². The van der Waals surface area contributed by atoms with Crippen LogP contribution < -0.4 is 4.74 Å². The molecular formula is C11H8F2O2. The van der Waals surface area contributed by atoms with Crippen LogP contribution in [0.3, 0.4) is 0 Å². The van der Waals surface area contributed by atoms with E-state index in [9.17, 15) is 13.6 Å². The van der Waals surface area contributed by atoms with Gasteiger partial charge in [0.25, 0.3) is 0 Å². The first-order chi connectivity index (χ1) is 7.08. The minimum absolute atomic E-state index is 0.00130. The molecule has 1 aromatic carbocycles. The third kappa shape index (κ3) is 1.75. The van der Waals surface area contributed by atoms with E-state index in [1.165, 1.54) is 13.0 Å². The molecule has 0 radical (unpaired) electrons. The minimum Gasteiger partial charge on any atom is -0.485 e. The zero-order chi connectivity index (χ0) is 11.0. The lowest BCUT2D eigenvalue weighted by molar-refractivity contribution is -0.113. The van der Waals surface area contributed by atoms with Crippen molar-refractivity contribution in [1.29, 1.82) is 0 Å². The number of halogens is 2. The van der Waals surface area contributed by atoms with Gasteiger partial charge < -0.3 is 4.74 Å². The fourth-order valence-electron chi connectivity index (χ4n) is 1.42. The fraction of sp³-hybridized carbons (Fsp3) is 0.182. The average Bonchev–Trinajstić information content (AvgIpc) is 2.16. The molecule has 0 spiro atoms. The summed E-state index contributed by atoms with van der Waals surface area (Å²) < 4.78 is 31.1. The Labute approximate surface area is 85.2 Å². The predicted octanol–water partition coefficient (Wildman–Crippen LogP) is 2.33.